The summed E-state index contributed by atoms with van der Waals surface area (Å²) in [6.45, 7) is 0. The Balaban J connectivity index is 3.51. The van der Waals surface area contributed by atoms with Gasteiger partial charge in [0.1, 0.15) is 4.90 Å². The Hall–Kier alpha value is -1.60. The number of anilines is 1. The second kappa shape index (κ2) is 3.28. The van der Waals surface area contributed by atoms with Gasteiger partial charge in [0.05, 0.1) is 11.3 Å². The second-order valence-corrected chi connectivity index (χ2v) is 4.10. The lowest BCUT2D eigenvalue weighted by Crippen LogP contribution is -2.16. The summed E-state index contributed by atoms with van der Waals surface area (Å²) in [4.78, 5) is 10.2. The van der Waals surface area contributed by atoms with E-state index in [4.69, 9.17) is 16.0 Å². The molecule has 0 saturated heterocycles. The van der Waals surface area contributed by atoms with Gasteiger partial charge < -0.3 is 10.8 Å². The van der Waals surface area contributed by atoms with Crippen molar-refractivity contribution in [1.29, 1.82) is 0 Å². The molecule has 0 aliphatic heterocycles. The first kappa shape index (κ1) is 10.5. The highest BCUT2D eigenvalue weighted by Crippen LogP contribution is 2.20. The molecule has 0 heterocycles. The Morgan fingerprint density at radius 1 is 1.36 bits per heavy atom. The van der Waals surface area contributed by atoms with E-state index < -0.39 is 16.0 Å². The van der Waals surface area contributed by atoms with Crippen LogP contribution in [0, 0.1) is 0 Å². The number of para-hydroxylation sites is 1. The van der Waals surface area contributed by atoms with E-state index in [9.17, 15) is 13.2 Å². The number of rotatable bonds is 2. The van der Waals surface area contributed by atoms with Crippen molar-refractivity contribution in [1.82, 2.24) is 0 Å². The first-order chi connectivity index (χ1) is 6.34. The van der Waals surface area contributed by atoms with E-state index >= 15 is 0 Å². The van der Waals surface area contributed by atoms with Crippen LogP contribution in [-0.4, -0.2) is 19.5 Å². The zero-order valence-corrected chi connectivity index (χ0v) is 7.78. The lowest BCUT2D eigenvalue weighted by atomic mass is 10.2. The maximum absolute atomic E-state index is 10.9. The Kier molecular flexibility index (Phi) is 2.45. The van der Waals surface area contributed by atoms with E-state index in [1.54, 1.807) is 0 Å². The standard InChI is InChI=1S/C7H8N2O4S/c8-6-4(7(10)11)2-1-3-5(6)14(9,12)13/h1-3H,8H2,(H,10,11)(H2,9,12,13). The minimum Gasteiger partial charge on any atom is -0.478 e. The molecule has 5 N–H and O–H groups in total. The molecule has 14 heavy (non-hydrogen) atoms. The fourth-order valence-electron chi connectivity index (χ4n) is 0.979. The van der Waals surface area contributed by atoms with Crippen LogP contribution in [0.15, 0.2) is 23.1 Å². The molecule has 76 valence electrons. The fourth-order valence-corrected chi connectivity index (χ4v) is 1.66. The van der Waals surface area contributed by atoms with Gasteiger partial charge in [-0.1, -0.05) is 6.07 Å². The molecule has 0 unspecified atom stereocenters. The molecule has 0 aromatic heterocycles. The van der Waals surface area contributed by atoms with Gasteiger partial charge >= 0.3 is 5.97 Å². The number of hydrogen-bond acceptors (Lipinski definition) is 4. The number of aromatic carboxylic acids is 1. The van der Waals surface area contributed by atoms with Gasteiger partial charge in [0.15, 0.2) is 0 Å². The number of carboxylic acid groups (broad SMARTS) is 1. The Morgan fingerprint density at radius 2 is 1.93 bits per heavy atom. The molecule has 0 aliphatic rings. The Labute approximate surface area is 80.2 Å². The summed E-state index contributed by atoms with van der Waals surface area (Å²) in [5.74, 6) is -1.30. The molecule has 1 rings (SSSR count). The van der Waals surface area contributed by atoms with E-state index in [1.807, 2.05) is 0 Å². The van der Waals surface area contributed by atoms with E-state index in [0.717, 1.165) is 6.07 Å². The SMILES string of the molecule is Nc1c(C(=O)O)cccc1S(N)(=O)=O. The lowest BCUT2D eigenvalue weighted by Gasteiger charge is -2.05. The maximum Gasteiger partial charge on any atom is 0.337 e. The fraction of sp³-hybridized carbons (Fsp3) is 0. The first-order valence-electron chi connectivity index (χ1n) is 3.48. The summed E-state index contributed by atoms with van der Waals surface area (Å²) < 4.78 is 21.9. The van der Waals surface area contributed by atoms with Gasteiger partial charge in [-0.3, -0.25) is 0 Å². The number of carboxylic acids is 1. The van der Waals surface area contributed by atoms with Crippen LogP contribution >= 0.6 is 0 Å². The highest BCUT2D eigenvalue weighted by molar-refractivity contribution is 7.89. The van der Waals surface area contributed by atoms with Gasteiger partial charge in [-0.25, -0.2) is 18.4 Å². The summed E-state index contributed by atoms with van der Waals surface area (Å²) in [6, 6.07) is 3.61. The van der Waals surface area contributed by atoms with Crippen molar-refractivity contribution < 1.29 is 18.3 Å². The molecule has 0 aliphatic carbocycles. The molecule has 6 nitrogen and oxygen atoms in total. The third kappa shape index (κ3) is 1.83. The van der Waals surface area contributed by atoms with Crippen LogP contribution < -0.4 is 10.9 Å². The quantitative estimate of drug-likeness (QED) is 0.581. The molecule has 1 aromatic carbocycles. The average molecular weight is 216 g/mol. The van der Waals surface area contributed by atoms with Crippen LogP contribution in [-0.2, 0) is 10.0 Å². The first-order valence-corrected chi connectivity index (χ1v) is 5.03. The molecule has 7 heteroatoms. The van der Waals surface area contributed by atoms with Crippen LogP contribution in [0.5, 0.6) is 0 Å². The van der Waals surface area contributed by atoms with Crippen LogP contribution in [0.4, 0.5) is 5.69 Å². The molecule has 0 saturated carbocycles. The third-order valence-corrected chi connectivity index (χ3v) is 2.57. The zero-order chi connectivity index (χ0) is 10.9. The van der Waals surface area contributed by atoms with Crippen molar-refractivity contribution in [2.75, 3.05) is 5.73 Å². The minimum atomic E-state index is -3.98. The molecule has 0 atom stereocenters. The number of hydrogen-bond donors (Lipinski definition) is 3. The number of primary sulfonamides is 1. The van der Waals surface area contributed by atoms with E-state index in [0.29, 0.717) is 0 Å². The van der Waals surface area contributed by atoms with Gasteiger partial charge in [-0.05, 0) is 12.1 Å². The zero-order valence-electron chi connectivity index (χ0n) is 6.97. The molecule has 0 radical (unpaired) electrons. The summed E-state index contributed by atoms with van der Waals surface area (Å²) in [5.41, 5.74) is 4.70. The number of sulfonamides is 1. The number of benzene rings is 1. The van der Waals surface area contributed by atoms with Crippen molar-refractivity contribution in [3.05, 3.63) is 23.8 Å². The van der Waals surface area contributed by atoms with Gasteiger partial charge in [-0.15, -0.1) is 0 Å². The lowest BCUT2D eigenvalue weighted by molar-refractivity contribution is 0.0698. The van der Waals surface area contributed by atoms with Crippen LogP contribution in [0.3, 0.4) is 0 Å². The normalized spacial score (nSPS) is 11.2. The summed E-state index contributed by atoms with van der Waals surface area (Å²) in [5, 5.41) is 13.5. The van der Waals surface area contributed by atoms with E-state index in [-0.39, 0.29) is 16.1 Å². The summed E-state index contributed by atoms with van der Waals surface area (Å²) in [7, 11) is -3.98. The van der Waals surface area contributed by atoms with Gasteiger partial charge in [0.2, 0.25) is 10.0 Å². The molecular formula is C7H8N2O4S. The van der Waals surface area contributed by atoms with Crippen molar-refractivity contribution >= 4 is 21.7 Å². The average Bonchev–Trinajstić information content (AvgIpc) is 2.01. The smallest absolute Gasteiger partial charge is 0.337 e. The molecule has 1 aromatic rings. The minimum absolute atomic E-state index is 0.281. The van der Waals surface area contributed by atoms with Crippen LogP contribution in [0.25, 0.3) is 0 Å². The highest BCUT2D eigenvalue weighted by atomic mass is 32.2. The van der Waals surface area contributed by atoms with Gasteiger partial charge in [0, 0.05) is 0 Å². The van der Waals surface area contributed by atoms with Crippen molar-refractivity contribution in [2.24, 2.45) is 5.14 Å². The molecule has 0 amide bonds. The molecular weight excluding hydrogens is 208 g/mol. The topological polar surface area (TPSA) is 123 Å². The van der Waals surface area contributed by atoms with E-state index in [1.165, 1.54) is 12.1 Å². The number of nitrogen functional groups attached to an aromatic ring is 1. The molecule has 0 spiro atoms. The second-order valence-electron chi connectivity index (χ2n) is 2.57. The van der Waals surface area contributed by atoms with Crippen LogP contribution in [0.2, 0.25) is 0 Å². The predicted molar refractivity (Wildman–Crippen MR) is 49.2 cm³/mol. The molecule has 0 fully saturated rings. The highest BCUT2D eigenvalue weighted by Gasteiger charge is 2.17. The Bertz CT molecular complexity index is 480. The number of nitrogens with two attached hydrogens (primary N) is 2. The van der Waals surface area contributed by atoms with Gasteiger partial charge in [0.25, 0.3) is 0 Å². The predicted octanol–water partition coefficient (Wildman–Crippen LogP) is -0.386. The van der Waals surface area contributed by atoms with E-state index in [2.05, 4.69) is 0 Å². The Morgan fingerprint density at radius 3 is 2.36 bits per heavy atom. The third-order valence-electron chi connectivity index (χ3n) is 1.60. The monoisotopic (exact) mass is 216 g/mol. The van der Waals surface area contributed by atoms with Crippen molar-refractivity contribution in [3.8, 4) is 0 Å². The summed E-state index contributed by atoms with van der Waals surface area (Å²) in [6.07, 6.45) is 0. The van der Waals surface area contributed by atoms with Gasteiger partial charge in [-0.2, -0.15) is 0 Å². The summed E-state index contributed by atoms with van der Waals surface area (Å²) >= 11 is 0. The maximum atomic E-state index is 10.9. The largest absolute Gasteiger partial charge is 0.478 e. The van der Waals surface area contributed by atoms with Crippen molar-refractivity contribution in [3.63, 3.8) is 0 Å². The molecule has 0 bridgehead atoms. The number of carbonyl (C=O) groups is 1. The van der Waals surface area contributed by atoms with Crippen molar-refractivity contribution in [2.45, 2.75) is 4.90 Å². The van der Waals surface area contributed by atoms with Crippen LogP contribution in [0.1, 0.15) is 10.4 Å².